The summed E-state index contributed by atoms with van der Waals surface area (Å²) in [5.74, 6) is 0.708. The molecule has 0 aromatic heterocycles. The number of halogens is 1. The van der Waals surface area contributed by atoms with E-state index in [1.54, 1.807) is 11.1 Å². The first-order valence-corrected chi connectivity index (χ1v) is 6.71. The minimum Gasteiger partial charge on any atom is -0.0648 e. The Hall–Kier alpha value is -0.300. The lowest BCUT2D eigenvalue weighted by molar-refractivity contribution is 0.234. The summed E-state index contributed by atoms with van der Waals surface area (Å²) in [6.45, 7) is 7.06. The van der Waals surface area contributed by atoms with Crippen molar-refractivity contribution in [1.82, 2.24) is 0 Å². The van der Waals surface area contributed by atoms with Crippen molar-refractivity contribution in [2.75, 3.05) is 0 Å². The molecule has 0 unspecified atom stereocenters. The van der Waals surface area contributed by atoms with Crippen LogP contribution in [0.2, 0.25) is 0 Å². The lowest BCUT2D eigenvalue weighted by atomic mass is 9.73. The van der Waals surface area contributed by atoms with Crippen LogP contribution in [0, 0.1) is 5.41 Å². The smallest absolute Gasteiger partial charge is 0.0210 e. The maximum Gasteiger partial charge on any atom is 0.0210 e. The first-order chi connectivity index (χ1) is 7.14. The van der Waals surface area contributed by atoms with E-state index < -0.39 is 0 Å². The fourth-order valence-corrected chi connectivity index (χ4v) is 3.64. The molecular formula is C14H19Br. The number of benzene rings is 1. The largest absolute Gasteiger partial charge is 0.0648 e. The van der Waals surface area contributed by atoms with Gasteiger partial charge in [-0.3, -0.25) is 0 Å². The molecule has 2 rings (SSSR count). The molecule has 0 amide bonds. The lowest BCUT2D eigenvalue weighted by Gasteiger charge is -2.31. The van der Waals surface area contributed by atoms with Crippen LogP contribution in [0.5, 0.6) is 0 Å². The molecule has 82 valence electrons. The fraction of sp³-hybridized carbons (Fsp3) is 0.571. The summed E-state index contributed by atoms with van der Waals surface area (Å²) < 4.78 is 1.30. The Labute approximate surface area is 101 Å². The van der Waals surface area contributed by atoms with E-state index >= 15 is 0 Å². The minimum absolute atomic E-state index is 0.506. The monoisotopic (exact) mass is 266 g/mol. The normalized spacial score (nSPS) is 22.8. The molecule has 15 heavy (non-hydrogen) atoms. The van der Waals surface area contributed by atoms with E-state index in [0.717, 1.165) is 0 Å². The summed E-state index contributed by atoms with van der Waals surface area (Å²) in [5, 5.41) is 0. The van der Waals surface area contributed by atoms with Crippen molar-refractivity contribution in [3.63, 3.8) is 0 Å². The van der Waals surface area contributed by atoms with Crippen molar-refractivity contribution in [2.24, 2.45) is 5.41 Å². The van der Waals surface area contributed by atoms with E-state index in [4.69, 9.17) is 0 Å². The molecular weight excluding hydrogens is 248 g/mol. The molecule has 0 spiro atoms. The van der Waals surface area contributed by atoms with E-state index in [9.17, 15) is 0 Å². The third-order valence-electron chi connectivity index (χ3n) is 4.48. The van der Waals surface area contributed by atoms with Crippen LogP contribution in [0.3, 0.4) is 0 Å². The highest BCUT2D eigenvalue weighted by Gasteiger charge is 2.41. The molecule has 1 heteroatoms. The average Bonchev–Trinajstić information content (AvgIpc) is 2.55. The van der Waals surface area contributed by atoms with Gasteiger partial charge < -0.3 is 0 Å². The zero-order valence-corrected chi connectivity index (χ0v) is 11.4. The zero-order chi connectivity index (χ0) is 11.1. The van der Waals surface area contributed by atoms with Crippen LogP contribution >= 0.6 is 15.9 Å². The Kier molecular flexibility index (Phi) is 2.94. The Morgan fingerprint density at radius 3 is 2.53 bits per heavy atom. The summed E-state index contributed by atoms with van der Waals surface area (Å²) in [7, 11) is 0. The quantitative estimate of drug-likeness (QED) is 0.713. The Bertz CT molecular complexity index is 364. The van der Waals surface area contributed by atoms with Crippen molar-refractivity contribution in [2.45, 2.75) is 46.0 Å². The lowest BCUT2D eigenvalue weighted by Crippen LogP contribution is -2.22. The molecule has 0 aliphatic heterocycles. The van der Waals surface area contributed by atoms with E-state index in [2.05, 4.69) is 54.9 Å². The Morgan fingerprint density at radius 2 is 2.00 bits per heavy atom. The maximum atomic E-state index is 3.68. The van der Waals surface area contributed by atoms with Crippen LogP contribution in [-0.2, 0) is 6.42 Å². The topological polar surface area (TPSA) is 0 Å². The molecule has 0 bridgehead atoms. The molecule has 1 aliphatic rings. The van der Waals surface area contributed by atoms with E-state index in [1.807, 2.05) is 0 Å². The summed E-state index contributed by atoms with van der Waals surface area (Å²) in [6.07, 6.45) is 3.81. The highest BCUT2D eigenvalue weighted by Crippen LogP contribution is 2.52. The van der Waals surface area contributed by atoms with Gasteiger partial charge >= 0.3 is 0 Å². The molecule has 0 saturated carbocycles. The molecule has 1 aliphatic carbocycles. The second kappa shape index (κ2) is 3.93. The van der Waals surface area contributed by atoms with E-state index in [1.165, 1.54) is 23.7 Å². The van der Waals surface area contributed by atoms with Crippen LogP contribution in [0.4, 0.5) is 0 Å². The highest BCUT2D eigenvalue weighted by molar-refractivity contribution is 9.10. The molecule has 1 aromatic carbocycles. The fourth-order valence-electron chi connectivity index (χ4n) is 3.11. The van der Waals surface area contributed by atoms with Gasteiger partial charge in [0.1, 0.15) is 0 Å². The van der Waals surface area contributed by atoms with Crippen molar-refractivity contribution in [3.05, 3.63) is 33.8 Å². The minimum atomic E-state index is 0.506. The van der Waals surface area contributed by atoms with Gasteiger partial charge in [-0.25, -0.2) is 0 Å². The molecule has 0 saturated heterocycles. The van der Waals surface area contributed by atoms with Gasteiger partial charge in [0.05, 0.1) is 0 Å². The van der Waals surface area contributed by atoms with Crippen LogP contribution < -0.4 is 0 Å². The van der Waals surface area contributed by atoms with Crippen LogP contribution in [0.25, 0.3) is 0 Å². The standard InChI is InChI=1S/C14H19Br/c1-4-14(5-2)9-12-11(10(14)3)7-6-8-13(12)15/h6-8,10H,4-5,9H2,1-3H3/t10-/m1/s1. The third kappa shape index (κ3) is 1.56. The van der Waals surface area contributed by atoms with Gasteiger partial charge in [0.2, 0.25) is 0 Å². The average molecular weight is 267 g/mol. The number of fused-ring (bicyclic) bond motifs is 1. The Balaban J connectivity index is 2.49. The predicted octanol–water partition coefficient (Wildman–Crippen LogP) is 4.92. The van der Waals surface area contributed by atoms with Crippen LogP contribution in [-0.4, -0.2) is 0 Å². The first-order valence-electron chi connectivity index (χ1n) is 5.92. The molecule has 0 nitrogen and oxygen atoms in total. The van der Waals surface area contributed by atoms with Crippen LogP contribution in [0.1, 0.15) is 50.7 Å². The Morgan fingerprint density at radius 1 is 1.33 bits per heavy atom. The molecule has 1 aromatic rings. The summed E-state index contributed by atoms with van der Waals surface area (Å²) in [6, 6.07) is 6.64. The van der Waals surface area contributed by atoms with Gasteiger partial charge in [-0.1, -0.05) is 48.8 Å². The van der Waals surface area contributed by atoms with Gasteiger partial charge in [-0.05, 0) is 47.8 Å². The van der Waals surface area contributed by atoms with Crippen molar-refractivity contribution in [3.8, 4) is 0 Å². The number of rotatable bonds is 2. The predicted molar refractivity (Wildman–Crippen MR) is 69.3 cm³/mol. The summed E-state index contributed by atoms with van der Waals surface area (Å²) >= 11 is 3.68. The SMILES string of the molecule is CCC1(CC)Cc2c(Br)cccc2[C@H]1C. The van der Waals surface area contributed by atoms with Gasteiger partial charge in [0.15, 0.2) is 0 Å². The summed E-state index contributed by atoms with van der Waals surface area (Å²) in [5.41, 5.74) is 3.62. The highest BCUT2D eigenvalue weighted by atomic mass is 79.9. The van der Waals surface area contributed by atoms with Crippen molar-refractivity contribution in [1.29, 1.82) is 0 Å². The van der Waals surface area contributed by atoms with E-state index in [-0.39, 0.29) is 0 Å². The van der Waals surface area contributed by atoms with Crippen molar-refractivity contribution >= 4 is 15.9 Å². The second-order valence-electron chi connectivity index (χ2n) is 4.78. The first kappa shape index (κ1) is 11.2. The van der Waals surface area contributed by atoms with Gasteiger partial charge in [0, 0.05) is 4.47 Å². The maximum absolute atomic E-state index is 3.68. The molecule has 1 atom stereocenters. The van der Waals surface area contributed by atoms with Crippen LogP contribution in [0.15, 0.2) is 22.7 Å². The van der Waals surface area contributed by atoms with Gasteiger partial charge in [-0.2, -0.15) is 0 Å². The molecule has 0 fully saturated rings. The van der Waals surface area contributed by atoms with E-state index in [0.29, 0.717) is 11.3 Å². The molecule has 0 radical (unpaired) electrons. The molecule has 0 N–H and O–H groups in total. The van der Waals surface area contributed by atoms with Gasteiger partial charge in [0.25, 0.3) is 0 Å². The second-order valence-corrected chi connectivity index (χ2v) is 5.63. The summed E-state index contributed by atoms with van der Waals surface area (Å²) in [4.78, 5) is 0. The van der Waals surface area contributed by atoms with Crippen molar-refractivity contribution < 1.29 is 0 Å². The van der Waals surface area contributed by atoms with Gasteiger partial charge in [-0.15, -0.1) is 0 Å². The molecule has 0 heterocycles. The zero-order valence-electron chi connectivity index (χ0n) is 9.81. The third-order valence-corrected chi connectivity index (χ3v) is 5.22. The number of hydrogen-bond donors (Lipinski definition) is 0. The number of hydrogen-bond acceptors (Lipinski definition) is 0.